The Balaban J connectivity index is 1.84. The molecule has 1 aliphatic rings. The van der Waals surface area contributed by atoms with Crippen LogP contribution in [-0.2, 0) is 9.47 Å². The highest BCUT2D eigenvalue weighted by atomic mass is 35.5. The highest BCUT2D eigenvalue weighted by Gasteiger charge is 2.42. The van der Waals surface area contributed by atoms with Gasteiger partial charge in [0.1, 0.15) is 6.10 Å². The van der Waals surface area contributed by atoms with Crippen LogP contribution in [0.15, 0.2) is 54.9 Å². The molecular weight excluding hydrogens is 352 g/mol. The predicted octanol–water partition coefficient (Wildman–Crippen LogP) is 5.01. The van der Waals surface area contributed by atoms with Crippen LogP contribution in [-0.4, -0.2) is 27.4 Å². The van der Waals surface area contributed by atoms with Crippen LogP contribution in [0.5, 0.6) is 0 Å². The number of aromatic nitrogens is 2. The third kappa shape index (κ3) is 2.84. The van der Waals surface area contributed by atoms with Gasteiger partial charge in [0.15, 0.2) is 5.60 Å². The van der Waals surface area contributed by atoms with E-state index in [9.17, 15) is 4.79 Å². The minimum Gasteiger partial charge on any atom is -0.427 e. The van der Waals surface area contributed by atoms with Crippen molar-refractivity contribution in [1.82, 2.24) is 9.55 Å². The zero-order chi connectivity index (χ0) is 18.3. The van der Waals surface area contributed by atoms with Crippen LogP contribution in [0.3, 0.4) is 0 Å². The molecule has 0 aliphatic carbocycles. The smallest absolute Gasteiger partial charge is 0.427 e. The molecule has 0 bridgehead atoms. The molecule has 1 aromatic carbocycles. The summed E-state index contributed by atoms with van der Waals surface area (Å²) < 4.78 is 12.5. The van der Waals surface area contributed by atoms with Crippen LogP contribution in [0, 0.1) is 0 Å². The lowest BCUT2D eigenvalue weighted by Crippen LogP contribution is -2.31. The number of fused-ring (bicyclic) bond motifs is 1. The SMILES string of the molecule is CC1OC(=O)OC1(C)/C=C/c1cc2cc(Cl)ccc2n1-c1cccnc1. The van der Waals surface area contributed by atoms with Crippen LogP contribution < -0.4 is 0 Å². The van der Waals surface area contributed by atoms with E-state index in [4.69, 9.17) is 21.1 Å². The molecule has 1 aliphatic heterocycles. The topological polar surface area (TPSA) is 53.4 Å². The summed E-state index contributed by atoms with van der Waals surface area (Å²) in [5, 5.41) is 1.69. The maximum Gasteiger partial charge on any atom is 0.509 e. The van der Waals surface area contributed by atoms with Crippen molar-refractivity contribution in [3.05, 3.63) is 65.6 Å². The number of cyclic esters (lactones) is 2. The zero-order valence-corrected chi connectivity index (χ0v) is 15.1. The molecule has 2 atom stereocenters. The lowest BCUT2D eigenvalue weighted by molar-refractivity contribution is 0.0949. The van der Waals surface area contributed by atoms with Gasteiger partial charge in [-0.25, -0.2) is 4.79 Å². The van der Waals surface area contributed by atoms with Crippen molar-refractivity contribution < 1.29 is 14.3 Å². The summed E-state index contributed by atoms with van der Waals surface area (Å²) in [4.78, 5) is 15.7. The first-order valence-corrected chi connectivity index (χ1v) is 8.64. The van der Waals surface area contributed by atoms with Crippen LogP contribution in [0.1, 0.15) is 19.5 Å². The Morgan fingerprint density at radius 3 is 2.85 bits per heavy atom. The van der Waals surface area contributed by atoms with Gasteiger partial charge in [0.05, 0.1) is 17.4 Å². The third-order valence-corrected chi connectivity index (χ3v) is 4.90. The number of hydrogen-bond donors (Lipinski definition) is 0. The largest absolute Gasteiger partial charge is 0.509 e. The number of pyridine rings is 1. The first-order valence-electron chi connectivity index (χ1n) is 8.26. The molecule has 0 radical (unpaired) electrons. The fourth-order valence-corrected chi connectivity index (χ4v) is 3.25. The fourth-order valence-electron chi connectivity index (χ4n) is 3.07. The minimum absolute atomic E-state index is 0.364. The van der Waals surface area contributed by atoms with Crippen LogP contribution in [0.4, 0.5) is 4.79 Å². The van der Waals surface area contributed by atoms with Crippen LogP contribution in [0.25, 0.3) is 22.7 Å². The number of carbonyl (C=O) groups excluding carboxylic acids is 1. The van der Waals surface area contributed by atoms with E-state index >= 15 is 0 Å². The Hall–Kier alpha value is -2.79. The van der Waals surface area contributed by atoms with Gasteiger partial charge in [-0.1, -0.05) is 11.6 Å². The summed E-state index contributed by atoms with van der Waals surface area (Å²) in [6, 6.07) is 11.7. The molecule has 1 saturated heterocycles. The Morgan fingerprint density at radius 1 is 1.31 bits per heavy atom. The number of ether oxygens (including phenoxy) is 2. The average Bonchev–Trinajstić information content (AvgIpc) is 3.10. The Labute approximate surface area is 155 Å². The molecule has 0 N–H and O–H groups in total. The van der Waals surface area contributed by atoms with E-state index in [0.717, 1.165) is 22.3 Å². The second-order valence-corrected chi connectivity index (χ2v) is 6.88. The van der Waals surface area contributed by atoms with Crippen molar-refractivity contribution in [3.8, 4) is 5.69 Å². The van der Waals surface area contributed by atoms with Gasteiger partial charge >= 0.3 is 6.16 Å². The molecule has 2 unspecified atom stereocenters. The van der Waals surface area contributed by atoms with Gasteiger partial charge in [0.2, 0.25) is 0 Å². The van der Waals surface area contributed by atoms with E-state index < -0.39 is 11.8 Å². The van der Waals surface area contributed by atoms with Crippen LogP contribution in [0.2, 0.25) is 5.02 Å². The van der Waals surface area contributed by atoms with E-state index in [-0.39, 0.29) is 6.10 Å². The summed E-state index contributed by atoms with van der Waals surface area (Å²) in [6.45, 7) is 3.64. The second-order valence-electron chi connectivity index (χ2n) is 6.45. The van der Waals surface area contributed by atoms with Crippen LogP contribution >= 0.6 is 11.6 Å². The Kier molecular flexibility index (Phi) is 3.96. The van der Waals surface area contributed by atoms with Crippen molar-refractivity contribution in [2.75, 3.05) is 0 Å². The first kappa shape index (κ1) is 16.7. The van der Waals surface area contributed by atoms with Gasteiger partial charge < -0.3 is 14.0 Å². The van der Waals surface area contributed by atoms with Gasteiger partial charge in [0, 0.05) is 22.3 Å². The van der Waals surface area contributed by atoms with E-state index in [1.165, 1.54) is 0 Å². The van der Waals surface area contributed by atoms with Crippen molar-refractivity contribution in [2.24, 2.45) is 0 Å². The number of benzene rings is 1. The minimum atomic E-state index is -0.815. The molecule has 1 fully saturated rings. The van der Waals surface area contributed by atoms with Gasteiger partial charge in [-0.05, 0) is 62.4 Å². The van der Waals surface area contributed by atoms with Crippen molar-refractivity contribution in [2.45, 2.75) is 25.6 Å². The van der Waals surface area contributed by atoms with Gasteiger partial charge in [-0.15, -0.1) is 0 Å². The number of halogens is 1. The van der Waals surface area contributed by atoms with E-state index in [1.54, 1.807) is 12.4 Å². The number of nitrogens with zero attached hydrogens (tertiary/aromatic N) is 2. The normalized spacial score (nSPS) is 22.7. The lowest BCUT2D eigenvalue weighted by atomic mass is 10.00. The number of carbonyl (C=O) groups is 1. The molecule has 3 aromatic rings. The van der Waals surface area contributed by atoms with Crippen molar-refractivity contribution in [1.29, 1.82) is 0 Å². The van der Waals surface area contributed by atoms with Gasteiger partial charge in [-0.2, -0.15) is 0 Å². The quantitative estimate of drug-likeness (QED) is 0.610. The fraction of sp³-hybridized carbons (Fsp3) is 0.200. The molecule has 6 heteroatoms. The molecule has 26 heavy (non-hydrogen) atoms. The molecule has 3 heterocycles. The third-order valence-electron chi connectivity index (χ3n) is 4.66. The van der Waals surface area contributed by atoms with Crippen molar-refractivity contribution >= 4 is 34.7 Å². The standard InChI is InChI=1S/C20H17ClN2O3/c1-13-20(2,26-19(24)25-13)8-7-16-11-14-10-15(21)5-6-18(14)23(16)17-4-3-9-22-12-17/h3-13H,1-2H3/b8-7+. The molecule has 0 saturated carbocycles. The number of hydrogen-bond acceptors (Lipinski definition) is 4. The first-order chi connectivity index (χ1) is 12.5. The predicted molar refractivity (Wildman–Crippen MR) is 101 cm³/mol. The van der Waals surface area contributed by atoms with Gasteiger partial charge in [-0.3, -0.25) is 4.98 Å². The van der Waals surface area contributed by atoms with Crippen molar-refractivity contribution in [3.63, 3.8) is 0 Å². The zero-order valence-electron chi connectivity index (χ0n) is 14.3. The Bertz CT molecular complexity index is 1010. The molecule has 0 amide bonds. The summed E-state index contributed by atoms with van der Waals surface area (Å²) in [5.41, 5.74) is 2.05. The highest BCUT2D eigenvalue weighted by molar-refractivity contribution is 6.31. The second kappa shape index (κ2) is 6.18. The summed E-state index contributed by atoms with van der Waals surface area (Å²) in [7, 11) is 0. The molecule has 132 valence electrons. The van der Waals surface area contributed by atoms with E-state index in [0.29, 0.717) is 5.02 Å². The number of rotatable bonds is 3. The monoisotopic (exact) mass is 368 g/mol. The summed E-state index contributed by atoms with van der Waals surface area (Å²) in [5.74, 6) is 0. The highest BCUT2D eigenvalue weighted by Crippen LogP contribution is 2.31. The summed E-state index contributed by atoms with van der Waals surface area (Å²) in [6.07, 6.45) is 6.31. The average molecular weight is 369 g/mol. The maximum atomic E-state index is 11.4. The molecule has 0 spiro atoms. The van der Waals surface area contributed by atoms with E-state index in [2.05, 4.69) is 9.55 Å². The molecule has 5 nitrogen and oxygen atoms in total. The lowest BCUT2D eigenvalue weighted by Gasteiger charge is -2.19. The summed E-state index contributed by atoms with van der Waals surface area (Å²) >= 11 is 6.15. The molecule has 2 aromatic heterocycles. The molecule has 4 rings (SSSR count). The molecular formula is C20H17ClN2O3. The maximum absolute atomic E-state index is 11.4. The van der Waals surface area contributed by atoms with E-state index in [1.807, 2.05) is 62.4 Å². The Morgan fingerprint density at radius 2 is 2.15 bits per heavy atom. The van der Waals surface area contributed by atoms with Gasteiger partial charge in [0.25, 0.3) is 0 Å².